The van der Waals surface area contributed by atoms with Crippen molar-refractivity contribution in [1.82, 2.24) is 9.88 Å². The van der Waals surface area contributed by atoms with E-state index < -0.39 is 0 Å². The fourth-order valence-corrected chi connectivity index (χ4v) is 4.12. The van der Waals surface area contributed by atoms with Crippen LogP contribution in [0.2, 0.25) is 5.02 Å². The summed E-state index contributed by atoms with van der Waals surface area (Å²) in [5.41, 5.74) is 2.12. The fraction of sp³-hybridized carbons (Fsp3) is 0.250. The van der Waals surface area contributed by atoms with Crippen molar-refractivity contribution in [2.75, 3.05) is 6.54 Å². The predicted molar refractivity (Wildman–Crippen MR) is 85.5 cm³/mol. The Morgan fingerprint density at radius 3 is 2.76 bits per heavy atom. The van der Waals surface area contributed by atoms with Gasteiger partial charge in [0.2, 0.25) is 0 Å². The van der Waals surface area contributed by atoms with Crippen molar-refractivity contribution in [2.24, 2.45) is 0 Å². The average Bonchev–Trinajstić information content (AvgIpc) is 2.53. The molecule has 3 nitrogen and oxygen atoms in total. The van der Waals surface area contributed by atoms with E-state index in [4.69, 9.17) is 11.6 Å². The minimum absolute atomic E-state index is 0.0740. The van der Waals surface area contributed by atoms with E-state index in [1.165, 1.54) is 0 Å². The van der Waals surface area contributed by atoms with Crippen LogP contribution in [0.25, 0.3) is 0 Å². The number of fused-ring (bicyclic) bond motifs is 1. The van der Waals surface area contributed by atoms with Crippen LogP contribution in [0.15, 0.2) is 47.6 Å². The Hall–Kier alpha value is -1.36. The highest BCUT2D eigenvalue weighted by Gasteiger charge is 2.35. The second-order valence-corrected chi connectivity index (χ2v) is 6.34. The summed E-state index contributed by atoms with van der Waals surface area (Å²) >= 11 is 7.65. The average molecular weight is 319 g/mol. The van der Waals surface area contributed by atoms with Crippen LogP contribution >= 0.6 is 23.4 Å². The number of nitrogens with zero attached hydrogens (tertiary/aromatic N) is 2. The molecule has 0 N–H and O–H groups in total. The number of aldehydes is 1. The number of aromatic nitrogens is 1. The van der Waals surface area contributed by atoms with Crippen molar-refractivity contribution in [1.29, 1.82) is 0 Å². The van der Waals surface area contributed by atoms with Crippen LogP contribution in [0, 0.1) is 0 Å². The quantitative estimate of drug-likeness (QED) is 0.798. The third-order valence-electron chi connectivity index (χ3n) is 3.65. The highest BCUT2D eigenvalue weighted by Crippen LogP contribution is 2.47. The van der Waals surface area contributed by atoms with Crippen LogP contribution < -0.4 is 0 Å². The summed E-state index contributed by atoms with van der Waals surface area (Å²) in [6.45, 7) is 2.86. The molecule has 0 spiro atoms. The molecule has 2 aromatic rings. The monoisotopic (exact) mass is 318 g/mol. The molecule has 1 aromatic carbocycles. The van der Waals surface area contributed by atoms with Crippen molar-refractivity contribution in [3.05, 3.63) is 58.7 Å². The van der Waals surface area contributed by atoms with Crippen LogP contribution in [0.5, 0.6) is 0 Å². The number of carbonyl (C=O) groups excluding carboxylic acids is 1. The van der Waals surface area contributed by atoms with Crippen molar-refractivity contribution >= 4 is 29.6 Å². The van der Waals surface area contributed by atoms with Crippen molar-refractivity contribution < 1.29 is 4.79 Å². The maximum Gasteiger partial charge on any atom is 0.141 e. The van der Waals surface area contributed by atoms with Gasteiger partial charge in [0.05, 0.1) is 11.4 Å². The van der Waals surface area contributed by atoms with Gasteiger partial charge < -0.3 is 4.79 Å². The van der Waals surface area contributed by atoms with E-state index in [-0.39, 0.29) is 11.4 Å². The summed E-state index contributed by atoms with van der Waals surface area (Å²) in [4.78, 5) is 18.2. The highest BCUT2D eigenvalue weighted by atomic mass is 35.5. The number of hydrogen-bond donors (Lipinski definition) is 0. The summed E-state index contributed by atoms with van der Waals surface area (Å²) in [6, 6.07) is 11.4. The van der Waals surface area contributed by atoms with Gasteiger partial charge in [0.25, 0.3) is 0 Å². The minimum Gasteiger partial charge on any atom is -0.301 e. The Balaban J connectivity index is 2.05. The lowest BCUT2D eigenvalue weighted by atomic mass is 10.1. The van der Waals surface area contributed by atoms with Crippen molar-refractivity contribution in [3.63, 3.8) is 0 Å². The molecule has 0 bridgehead atoms. The lowest BCUT2D eigenvalue weighted by molar-refractivity contribution is -0.113. The molecule has 1 aromatic heterocycles. The molecule has 2 unspecified atom stereocenters. The topological polar surface area (TPSA) is 33.2 Å². The number of rotatable bonds is 3. The Kier molecular flexibility index (Phi) is 4.29. The molecule has 0 amide bonds. The van der Waals surface area contributed by atoms with Gasteiger partial charge in [-0.3, -0.25) is 4.90 Å². The third-order valence-corrected chi connectivity index (χ3v) is 5.23. The van der Waals surface area contributed by atoms with Crippen LogP contribution in [0.4, 0.5) is 0 Å². The zero-order valence-electron chi connectivity index (χ0n) is 11.6. The first-order chi connectivity index (χ1) is 10.2. The molecule has 5 heteroatoms. The van der Waals surface area contributed by atoms with E-state index in [0.717, 1.165) is 29.0 Å². The molecular formula is C16H15ClN2OS. The number of benzene rings is 1. The van der Waals surface area contributed by atoms with E-state index in [2.05, 4.69) is 16.8 Å². The lowest BCUT2D eigenvalue weighted by Crippen LogP contribution is -2.35. The van der Waals surface area contributed by atoms with E-state index in [9.17, 15) is 4.79 Å². The van der Waals surface area contributed by atoms with E-state index in [0.29, 0.717) is 5.02 Å². The Labute approximate surface area is 133 Å². The maximum absolute atomic E-state index is 11.6. The standard InChI is InChI=1S/C16H15ClN2OS/c1-2-19-14(10-20)13-4-3-9-18-15(13)21-16(19)11-5-7-12(17)8-6-11/h3-10,14,16H,2H2,1H3. The number of pyridine rings is 1. The Morgan fingerprint density at radius 2 is 2.10 bits per heavy atom. The van der Waals surface area contributed by atoms with Gasteiger partial charge in [0, 0.05) is 16.8 Å². The fourth-order valence-electron chi connectivity index (χ4n) is 2.63. The largest absolute Gasteiger partial charge is 0.301 e. The van der Waals surface area contributed by atoms with Gasteiger partial charge in [-0.25, -0.2) is 4.98 Å². The van der Waals surface area contributed by atoms with Gasteiger partial charge in [0.1, 0.15) is 11.3 Å². The molecule has 1 aliphatic heterocycles. The minimum atomic E-state index is -0.249. The first kappa shape index (κ1) is 14.6. The molecule has 21 heavy (non-hydrogen) atoms. The molecule has 0 saturated heterocycles. The third kappa shape index (κ3) is 2.71. The highest BCUT2D eigenvalue weighted by molar-refractivity contribution is 7.99. The molecule has 3 rings (SSSR count). The zero-order chi connectivity index (χ0) is 14.8. The predicted octanol–water partition coefficient (Wildman–Crippen LogP) is 4.10. The summed E-state index contributed by atoms with van der Waals surface area (Å²) < 4.78 is 0. The van der Waals surface area contributed by atoms with Gasteiger partial charge in [-0.05, 0) is 30.3 Å². The number of hydrogen-bond acceptors (Lipinski definition) is 4. The normalized spacial score (nSPS) is 21.8. The molecule has 1 aliphatic rings. The maximum atomic E-state index is 11.6. The van der Waals surface area contributed by atoms with Crippen LogP contribution in [-0.2, 0) is 4.79 Å². The lowest BCUT2D eigenvalue weighted by Gasteiger charge is -2.39. The summed E-state index contributed by atoms with van der Waals surface area (Å²) in [5, 5.41) is 1.72. The smallest absolute Gasteiger partial charge is 0.141 e. The number of thioether (sulfide) groups is 1. The molecule has 2 heterocycles. The van der Waals surface area contributed by atoms with Crippen LogP contribution in [0.1, 0.15) is 29.5 Å². The van der Waals surface area contributed by atoms with Gasteiger partial charge in [-0.2, -0.15) is 0 Å². The molecule has 0 fully saturated rings. The Morgan fingerprint density at radius 1 is 1.33 bits per heavy atom. The van der Waals surface area contributed by atoms with Gasteiger partial charge in [-0.1, -0.05) is 48.5 Å². The molecule has 0 aliphatic carbocycles. The first-order valence-electron chi connectivity index (χ1n) is 6.82. The molecule has 2 atom stereocenters. The summed E-state index contributed by atoms with van der Waals surface area (Å²) in [7, 11) is 0. The van der Waals surface area contributed by atoms with Crippen LogP contribution in [0.3, 0.4) is 0 Å². The van der Waals surface area contributed by atoms with Crippen LogP contribution in [-0.4, -0.2) is 22.7 Å². The van der Waals surface area contributed by atoms with Gasteiger partial charge in [-0.15, -0.1) is 0 Å². The van der Waals surface area contributed by atoms with Gasteiger partial charge in [0.15, 0.2) is 0 Å². The molecule has 108 valence electrons. The van der Waals surface area contributed by atoms with Gasteiger partial charge >= 0.3 is 0 Å². The number of likely N-dealkylation sites (N-methyl/N-ethyl adjacent to an activating group) is 1. The molecule has 0 saturated carbocycles. The molecular weight excluding hydrogens is 304 g/mol. The summed E-state index contributed by atoms with van der Waals surface area (Å²) in [6.07, 6.45) is 2.78. The van der Waals surface area contributed by atoms with E-state index in [1.54, 1.807) is 18.0 Å². The van der Waals surface area contributed by atoms with E-state index in [1.807, 2.05) is 36.4 Å². The first-order valence-corrected chi connectivity index (χ1v) is 8.08. The number of carbonyl (C=O) groups is 1. The van der Waals surface area contributed by atoms with Crippen molar-refractivity contribution in [2.45, 2.75) is 23.4 Å². The van der Waals surface area contributed by atoms with Crippen molar-refractivity contribution in [3.8, 4) is 0 Å². The SMILES string of the molecule is CCN1C(C=O)c2cccnc2SC1c1ccc(Cl)cc1. The second kappa shape index (κ2) is 6.18. The Bertz CT molecular complexity index is 647. The molecule has 0 radical (unpaired) electrons. The zero-order valence-corrected chi connectivity index (χ0v) is 13.1. The van der Waals surface area contributed by atoms with E-state index >= 15 is 0 Å². The number of halogens is 1. The second-order valence-electron chi connectivity index (χ2n) is 4.83. The summed E-state index contributed by atoms with van der Waals surface area (Å²) in [5.74, 6) is 0.